The Kier molecular flexibility index (Phi) is 7.85. The number of hydrogen-bond acceptors (Lipinski definition) is 8. The Hall–Kier alpha value is -2.93. The molecule has 1 aromatic heterocycles. The van der Waals surface area contributed by atoms with Crippen LogP contribution >= 0.6 is 23.1 Å². The van der Waals surface area contributed by atoms with Crippen molar-refractivity contribution in [1.82, 2.24) is 14.4 Å². The van der Waals surface area contributed by atoms with Gasteiger partial charge in [0.25, 0.3) is 11.6 Å². The molecule has 0 bridgehead atoms. The van der Waals surface area contributed by atoms with Gasteiger partial charge in [0.15, 0.2) is 4.80 Å². The molecule has 0 unspecified atom stereocenters. The number of carbonyl (C=O) groups is 3. The Morgan fingerprint density at radius 2 is 1.88 bits per heavy atom. The van der Waals surface area contributed by atoms with Crippen LogP contribution < -0.4 is 4.80 Å². The minimum Gasteiger partial charge on any atom is -0.450 e. The van der Waals surface area contributed by atoms with Crippen LogP contribution in [0.25, 0.3) is 10.2 Å². The van der Waals surface area contributed by atoms with Crippen LogP contribution in [0.4, 0.5) is 10.5 Å². The number of non-ortho nitro benzene ring substituents is 1. The molecule has 1 aliphatic heterocycles. The van der Waals surface area contributed by atoms with E-state index in [0.717, 1.165) is 5.52 Å². The third-order valence-corrected chi connectivity index (χ3v) is 6.83. The zero-order chi connectivity index (χ0) is 23.3. The Balaban J connectivity index is 1.51. The molecule has 11 nitrogen and oxygen atoms in total. The summed E-state index contributed by atoms with van der Waals surface area (Å²) < 4.78 is 7.34. The number of ether oxygens (including phenoxy) is 1. The first-order valence-electron chi connectivity index (χ1n) is 9.89. The third kappa shape index (κ3) is 5.65. The van der Waals surface area contributed by atoms with Gasteiger partial charge in [0, 0.05) is 45.4 Å². The quantitative estimate of drug-likeness (QED) is 0.453. The molecule has 1 aliphatic rings. The van der Waals surface area contributed by atoms with Gasteiger partial charge in [-0.3, -0.25) is 19.7 Å². The highest BCUT2D eigenvalue weighted by Crippen LogP contribution is 2.22. The van der Waals surface area contributed by atoms with Crippen molar-refractivity contribution in [2.75, 3.05) is 44.3 Å². The van der Waals surface area contributed by atoms with E-state index in [4.69, 9.17) is 4.74 Å². The SMILES string of the molecule is CCOC(=O)N1CCN(C(=O)CSCC(=O)N=c2sc3cc([N+](=O)[O-])ccc3n2C)CC1. The number of piperazine rings is 1. The summed E-state index contributed by atoms with van der Waals surface area (Å²) in [5, 5.41) is 10.9. The molecule has 0 saturated carbocycles. The molecular weight excluding hydrogens is 458 g/mol. The lowest BCUT2D eigenvalue weighted by Gasteiger charge is -2.34. The van der Waals surface area contributed by atoms with E-state index in [1.54, 1.807) is 34.4 Å². The molecular formula is C19H23N5O6S2. The Morgan fingerprint density at radius 1 is 1.19 bits per heavy atom. The van der Waals surface area contributed by atoms with Crippen LogP contribution in [0.2, 0.25) is 0 Å². The molecule has 1 fully saturated rings. The highest BCUT2D eigenvalue weighted by atomic mass is 32.2. The predicted octanol–water partition coefficient (Wildman–Crippen LogP) is 1.61. The molecule has 13 heteroatoms. The number of aryl methyl sites for hydroxylation is 1. The summed E-state index contributed by atoms with van der Waals surface area (Å²) >= 11 is 2.38. The van der Waals surface area contributed by atoms with Crippen LogP contribution in [0.5, 0.6) is 0 Å². The van der Waals surface area contributed by atoms with Crippen molar-refractivity contribution in [3.63, 3.8) is 0 Å². The number of carbonyl (C=O) groups excluding carboxylic acids is 3. The maximum absolute atomic E-state index is 12.4. The van der Waals surface area contributed by atoms with Gasteiger partial charge >= 0.3 is 6.09 Å². The Morgan fingerprint density at radius 3 is 2.53 bits per heavy atom. The van der Waals surface area contributed by atoms with Crippen molar-refractivity contribution < 1.29 is 24.0 Å². The van der Waals surface area contributed by atoms with Crippen molar-refractivity contribution in [3.05, 3.63) is 33.1 Å². The van der Waals surface area contributed by atoms with Gasteiger partial charge < -0.3 is 19.1 Å². The number of amides is 3. The predicted molar refractivity (Wildman–Crippen MR) is 121 cm³/mol. The van der Waals surface area contributed by atoms with Crippen LogP contribution in [0.1, 0.15) is 6.92 Å². The Labute approximate surface area is 191 Å². The molecule has 32 heavy (non-hydrogen) atoms. The summed E-state index contributed by atoms with van der Waals surface area (Å²) in [5.41, 5.74) is 0.728. The molecule has 0 radical (unpaired) electrons. The summed E-state index contributed by atoms with van der Waals surface area (Å²) in [6, 6.07) is 4.50. The van der Waals surface area contributed by atoms with E-state index in [0.29, 0.717) is 42.3 Å². The van der Waals surface area contributed by atoms with Gasteiger partial charge in [-0.05, 0) is 13.0 Å². The largest absolute Gasteiger partial charge is 0.450 e. The lowest BCUT2D eigenvalue weighted by molar-refractivity contribution is -0.384. The van der Waals surface area contributed by atoms with Gasteiger partial charge in [-0.2, -0.15) is 4.99 Å². The van der Waals surface area contributed by atoms with Crippen molar-refractivity contribution in [3.8, 4) is 0 Å². The van der Waals surface area contributed by atoms with E-state index in [1.165, 1.54) is 35.2 Å². The van der Waals surface area contributed by atoms with Gasteiger partial charge in [0.1, 0.15) is 0 Å². The molecule has 0 atom stereocenters. The smallest absolute Gasteiger partial charge is 0.409 e. The van der Waals surface area contributed by atoms with E-state index < -0.39 is 4.92 Å². The fraction of sp³-hybridized carbons (Fsp3) is 0.474. The van der Waals surface area contributed by atoms with Crippen molar-refractivity contribution in [2.24, 2.45) is 12.0 Å². The average molecular weight is 482 g/mol. The summed E-state index contributed by atoms with van der Waals surface area (Å²) in [5.74, 6) is -0.286. The van der Waals surface area contributed by atoms with Gasteiger partial charge in [-0.25, -0.2) is 4.79 Å². The third-order valence-electron chi connectivity index (χ3n) is 4.83. The van der Waals surface area contributed by atoms with Crippen LogP contribution in [0.15, 0.2) is 23.2 Å². The van der Waals surface area contributed by atoms with E-state index >= 15 is 0 Å². The molecule has 2 heterocycles. The zero-order valence-electron chi connectivity index (χ0n) is 17.7. The van der Waals surface area contributed by atoms with Crippen molar-refractivity contribution in [2.45, 2.75) is 6.92 Å². The van der Waals surface area contributed by atoms with Crippen LogP contribution in [-0.2, 0) is 21.4 Å². The molecule has 3 amide bonds. The van der Waals surface area contributed by atoms with Crippen molar-refractivity contribution >= 4 is 56.9 Å². The molecule has 1 saturated heterocycles. The maximum atomic E-state index is 12.4. The second-order valence-corrected chi connectivity index (χ2v) is 8.91. The van der Waals surface area contributed by atoms with E-state index in [2.05, 4.69) is 4.99 Å². The maximum Gasteiger partial charge on any atom is 0.409 e. The number of aromatic nitrogens is 1. The van der Waals surface area contributed by atoms with Crippen LogP contribution in [0, 0.1) is 10.1 Å². The van der Waals surface area contributed by atoms with Crippen LogP contribution in [0.3, 0.4) is 0 Å². The fourth-order valence-corrected chi connectivity index (χ4v) is 4.92. The normalized spacial score (nSPS) is 14.6. The minimum atomic E-state index is -0.467. The van der Waals surface area contributed by atoms with Gasteiger partial charge in [0.2, 0.25) is 5.91 Å². The Bertz CT molecular complexity index is 1100. The standard InChI is InChI=1S/C19H23N5O6S2/c1-3-30-19(27)23-8-6-22(7-9-23)17(26)12-31-11-16(25)20-18-21(2)14-5-4-13(24(28)29)10-15(14)32-18/h4-5,10H,3,6-9,11-12H2,1-2H3. The van der Waals surface area contributed by atoms with E-state index in [-0.39, 0.29) is 35.1 Å². The molecule has 0 N–H and O–H groups in total. The zero-order valence-corrected chi connectivity index (χ0v) is 19.3. The minimum absolute atomic E-state index is 0.0191. The number of hydrogen-bond donors (Lipinski definition) is 0. The summed E-state index contributed by atoms with van der Waals surface area (Å²) in [6.45, 7) is 3.76. The molecule has 1 aromatic carbocycles. The second kappa shape index (κ2) is 10.6. The first kappa shape index (κ1) is 23.7. The molecule has 0 spiro atoms. The van der Waals surface area contributed by atoms with E-state index in [9.17, 15) is 24.5 Å². The van der Waals surface area contributed by atoms with Gasteiger partial charge in [0.05, 0.1) is 33.3 Å². The summed E-state index contributed by atoms with van der Waals surface area (Å²) in [7, 11) is 1.74. The first-order valence-corrected chi connectivity index (χ1v) is 11.9. The molecule has 0 aliphatic carbocycles. The number of nitro groups is 1. The van der Waals surface area contributed by atoms with Crippen LogP contribution in [-0.4, -0.2) is 81.5 Å². The molecule has 2 aromatic rings. The van der Waals surface area contributed by atoms with E-state index in [1.807, 2.05) is 0 Å². The van der Waals surface area contributed by atoms with Gasteiger partial charge in [-0.15, -0.1) is 11.8 Å². The number of benzene rings is 1. The summed E-state index contributed by atoms with van der Waals surface area (Å²) in [4.78, 5) is 54.6. The molecule has 3 rings (SSSR count). The summed E-state index contributed by atoms with van der Waals surface area (Å²) in [6.07, 6.45) is -0.370. The fourth-order valence-electron chi connectivity index (χ4n) is 3.15. The number of nitro benzene ring substituents is 1. The monoisotopic (exact) mass is 481 g/mol. The second-order valence-electron chi connectivity index (χ2n) is 6.92. The lowest BCUT2D eigenvalue weighted by atomic mass is 10.3. The average Bonchev–Trinajstić information content (AvgIpc) is 3.08. The number of nitrogens with zero attached hydrogens (tertiary/aromatic N) is 5. The number of fused-ring (bicyclic) bond motifs is 1. The number of rotatable bonds is 6. The van der Waals surface area contributed by atoms with Crippen molar-refractivity contribution in [1.29, 1.82) is 0 Å². The first-order chi connectivity index (χ1) is 15.3. The molecule has 172 valence electrons. The number of thioether (sulfide) groups is 1. The highest BCUT2D eigenvalue weighted by Gasteiger charge is 2.24. The topological polar surface area (TPSA) is 127 Å². The number of thiazole rings is 1. The lowest BCUT2D eigenvalue weighted by Crippen LogP contribution is -2.51. The highest BCUT2D eigenvalue weighted by molar-refractivity contribution is 8.00. The van der Waals surface area contributed by atoms with Gasteiger partial charge in [-0.1, -0.05) is 11.3 Å².